The van der Waals surface area contributed by atoms with Gasteiger partial charge in [-0.2, -0.15) is 0 Å². The standard InChI is InChI=1S/C19H22N2O2/c1-14-6-5-7-16(15(14)2)19(22)20-17-8-3-4-9-18(17)21-10-12-23-13-11-21/h3-9H,10-13H2,1-2H3,(H,20,22). The van der Waals surface area contributed by atoms with Crippen LogP contribution in [-0.2, 0) is 4.74 Å². The first-order chi connectivity index (χ1) is 11.2. The highest BCUT2D eigenvalue weighted by atomic mass is 16.5. The summed E-state index contributed by atoms with van der Waals surface area (Å²) in [5.41, 5.74) is 4.77. The Morgan fingerprint density at radius 2 is 1.78 bits per heavy atom. The second-order valence-corrected chi connectivity index (χ2v) is 5.82. The van der Waals surface area contributed by atoms with Gasteiger partial charge in [0.2, 0.25) is 0 Å². The highest BCUT2D eigenvalue weighted by Crippen LogP contribution is 2.27. The molecular weight excluding hydrogens is 288 g/mol. The van der Waals surface area contributed by atoms with Gasteiger partial charge in [-0.05, 0) is 43.2 Å². The number of rotatable bonds is 3. The predicted molar refractivity (Wildman–Crippen MR) is 93.3 cm³/mol. The van der Waals surface area contributed by atoms with E-state index >= 15 is 0 Å². The van der Waals surface area contributed by atoms with Gasteiger partial charge in [-0.15, -0.1) is 0 Å². The van der Waals surface area contributed by atoms with E-state index in [1.165, 1.54) is 0 Å². The minimum atomic E-state index is -0.0630. The topological polar surface area (TPSA) is 41.6 Å². The lowest BCUT2D eigenvalue weighted by molar-refractivity contribution is 0.102. The molecule has 2 aromatic carbocycles. The molecule has 23 heavy (non-hydrogen) atoms. The average Bonchev–Trinajstić information content (AvgIpc) is 2.58. The van der Waals surface area contributed by atoms with E-state index in [0.717, 1.165) is 54.4 Å². The van der Waals surface area contributed by atoms with Gasteiger partial charge in [-0.3, -0.25) is 4.79 Å². The molecule has 0 spiro atoms. The smallest absolute Gasteiger partial charge is 0.255 e. The molecule has 2 aromatic rings. The van der Waals surface area contributed by atoms with Crippen LogP contribution in [0.1, 0.15) is 21.5 Å². The third-order valence-corrected chi connectivity index (χ3v) is 4.35. The minimum Gasteiger partial charge on any atom is -0.378 e. The molecule has 1 amide bonds. The fourth-order valence-electron chi connectivity index (χ4n) is 2.85. The molecule has 0 aromatic heterocycles. The molecule has 0 atom stereocenters. The monoisotopic (exact) mass is 310 g/mol. The van der Waals surface area contributed by atoms with Crippen molar-refractivity contribution in [1.29, 1.82) is 0 Å². The number of amides is 1. The molecular formula is C19H22N2O2. The number of carbonyl (C=O) groups excluding carboxylic acids is 1. The first-order valence-electron chi connectivity index (χ1n) is 7.96. The molecule has 1 heterocycles. The molecule has 3 rings (SSSR count). The Kier molecular flexibility index (Phi) is 4.63. The van der Waals surface area contributed by atoms with Gasteiger partial charge < -0.3 is 15.0 Å². The largest absolute Gasteiger partial charge is 0.378 e. The van der Waals surface area contributed by atoms with Crippen LogP contribution in [0, 0.1) is 13.8 Å². The lowest BCUT2D eigenvalue weighted by Crippen LogP contribution is -2.36. The zero-order chi connectivity index (χ0) is 16.2. The van der Waals surface area contributed by atoms with Crippen LogP contribution in [0.3, 0.4) is 0 Å². The number of hydrogen-bond donors (Lipinski definition) is 1. The number of hydrogen-bond acceptors (Lipinski definition) is 3. The zero-order valence-corrected chi connectivity index (χ0v) is 13.6. The molecule has 0 saturated carbocycles. The van der Waals surface area contributed by atoms with Crippen LogP contribution in [0.25, 0.3) is 0 Å². The Hall–Kier alpha value is -2.33. The van der Waals surface area contributed by atoms with Crippen LogP contribution in [0.5, 0.6) is 0 Å². The van der Waals surface area contributed by atoms with Crippen molar-refractivity contribution in [3.05, 3.63) is 59.2 Å². The summed E-state index contributed by atoms with van der Waals surface area (Å²) in [5.74, 6) is -0.0630. The van der Waals surface area contributed by atoms with E-state index in [4.69, 9.17) is 4.74 Å². The van der Waals surface area contributed by atoms with Crippen molar-refractivity contribution in [1.82, 2.24) is 0 Å². The van der Waals surface area contributed by atoms with Gasteiger partial charge in [-0.25, -0.2) is 0 Å². The fraction of sp³-hybridized carbons (Fsp3) is 0.316. The summed E-state index contributed by atoms with van der Waals surface area (Å²) in [6.45, 7) is 7.14. The first kappa shape index (κ1) is 15.6. The van der Waals surface area contributed by atoms with Crippen LogP contribution in [0.15, 0.2) is 42.5 Å². The number of nitrogens with zero attached hydrogens (tertiary/aromatic N) is 1. The summed E-state index contributed by atoms with van der Waals surface area (Å²) in [6, 6.07) is 13.8. The highest BCUT2D eigenvalue weighted by molar-refractivity contribution is 6.07. The lowest BCUT2D eigenvalue weighted by atomic mass is 10.0. The van der Waals surface area contributed by atoms with E-state index in [1.807, 2.05) is 56.3 Å². The van der Waals surface area contributed by atoms with Crippen LogP contribution < -0.4 is 10.2 Å². The summed E-state index contributed by atoms with van der Waals surface area (Å²) in [7, 11) is 0. The van der Waals surface area contributed by atoms with Crippen molar-refractivity contribution in [3.8, 4) is 0 Å². The van der Waals surface area contributed by atoms with E-state index in [9.17, 15) is 4.79 Å². The summed E-state index contributed by atoms with van der Waals surface area (Å²) in [6.07, 6.45) is 0. The first-order valence-corrected chi connectivity index (χ1v) is 7.96. The second-order valence-electron chi connectivity index (χ2n) is 5.82. The van der Waals surface area contributed by atoms with Crippen molar-refractivity contribution in [3.63, 3.8) is 0 Å². The Balaban J connectivity index is 1.85. The summed E-state index contributed by atoms with van der Waals surface area (Å²) in [5, 5.41) is 3.07. The van der Waals surface area contributed by atoms with E-state index in [-0.39, 0.29) is 5.91 Å². The molecule has 1 aliphatic rings. The number of aryl methyl sites for hydroxylation is 1. The number of anilines is 2. The van der Waals surface area contributed by atoms with Crippen LogP contribution in [0.4, 0.5) is 11.4 Å². The predicted octanol–water partition coefficient (Wildman–Crippen LogP) is 3.39. The van der Waals surface area contributed by atoms with Gasteiger partial charge >= 0.3 is 0 Å². The van der Waals surface area contributed by atoms with Gasteiger partial charge in [0, 0.05) is 18.7 Å². The summed E-state index contributed by atoms with van der Waals surface area (Å²) < 4.78 is 5.41. The van der Waals surface area contributed by atoms with Crippen molar-refractivity contribution in [2.75, 3.05) is 36.5 Å². The van der Waals surface area contributed by atoms with E-state index in [1.54, 1.807) is 0 Å². The fourth-order valence-corrected chi connectivity index (χ4v) is 2.85. The molecule has 0 bridgehead atoms. The van der Waals surface area contributed by atoms with Crippen molar-refractivity contribution in [2.24, 2.45) is 0 Å². The molecule has 0 unspecified atom stereocenters. The Labute approximate surface area is 137 Å². The van der Waals surface area contributed by atoms with Crippen molar-refractivity contribution < 1.29 is 9.53 Å². The minimum absolute atomic E-state index is 0.0630. The average molecular weight is 310 g/mol. The normalized spacial score (nSPS) is 14.6. The maximum atomic E-state index is 12.7. The van der Waals surface area contributed by atoms with Gasteiger partial charge in [0.25, 0.3) is 5.91 Å². The van der Waals surface area contributed by atoms with Gasteiger partial charge in [0.05, 0.1) is 24.6 Å². The maximum Gasteiger partial charge on any atom is 0.255 e. The quantitative estimate of drug-likeness (QED) is 0.945. The SMILES string of the molecule is Cc1cccc(C(=O)Nc2ccccc2N2CCOCC2)c1C. The number of ether oxygens (including phenoxy) is 1. The third kappa shape index (κ3) is 3.37. The number of morpholine rings is 1. The second kappa shape index (κ2) is 6.84. The molecule has 4 heteroatoms. The van der Waals surface area contributed by atoms with Gasteiger partial charge in [0.15, 0.2) is 0 Å². The maximum absolute atomic E-state index is 12.7. The molecule has 1 fully saturated rings. The molecule has 4 nitrogen and oxygen atoms in total. The number of nitrogens with one attached hydrogen (secondary N) is 1. The number of carbonyl (C=O) groups is 1. The van der Waals surface area contributed by atoms with Crippen molar-refractivity contribution >= 4 is 17.3 Å². The number of benzene rings is 2. The summed E-state index contributed by atoms with van der Waals surface area (Å²) in [4.78, 5) is 14.9. The molecule has 120 valence electrons. The Morgan fingerprint density at radius 1 is 1.04 bits per heavy atom. The van der Waals surface area contributed by atoms with Crippen LogP contribution in [0.2, 0.25) is 0 Å². The Morgan fingerprint density at radius 3 is 2.57 bits per heavy atom. The number of para-hydroxylation sites is 2. The van der Waals surface area contributed by atoms with E-state index in [0.29, 0.717) is 0 Å². The molecule has 0 radical (unpaired) electrons. The van der Waals surface area contributed by atoms with E-state index < -0.39 is 0 Å². The molecule has 1 aliphatic heterocycles. The lowest BCUT2D eigenvalue weighted by Gasteiger charge is -2.30. The Bertz CT molecular complexity index is 706. The highest BCUT2D eigenvalue weighted by Gasteiger charge is 2.17. The molecule has 1 saturated heterocycles. The van der Waals surface area contributed by atoms with Crippen LogP contribution in [-0.4, -0.2) is 32.2 Å². The summed E-state index contributed by atoms with van der Waals surface area (Å²) >= 11 is 0. The van der Waals surface area contributed by atoms with Gasteiger partial charge in [0.1, 0.15) is 0 Å². The van der Waals surface area contributed by atoms with Crippen LogP contribution >= 0.6 is 0 Å². The third-order valence-electron chi connectivity index (χ3n) is 4.35. The van der Waals surface area contributed by atoms with Crippen molar-refractivity contribution in [2.45, 2.75) is 13.8 Å². The van der Waals surface area contributed by atoms with Gasteiger partial charge in [-0.1, -0.05) is 24.3 Å². The van der Waals surface area contributed by atoms with E-state index in [2.05, 4.69) is 10.2 Å². The molecule has 0 aliphatic carbocycles. The zero-order valence-electron chi connectivity index (χ0n) is 13.6. The molecule has 1 N–H and O–H groups in total.